The van der Waals surface area contributed by atoms with E-state index >= 15 is 0 Å². The molecular formula is C8H13NO4S. The van der Waals surface area contributed by atoms with E-state index in [0.717, 1.165) is 0 Å². The molecular weight excluding hydrogens is 206 g/mol. The maximum Gasteiger partial charge on any atom is 0.321 e. The minimum absolute atomic E-state index is 0.137. The standard InChI is InChI=1S/C8H13NO4S/c1-3-7(5-9)14(11,12)6-8(10)13-4-2/h7H,3-4,6H2,1-2H3. The minimum atomic E-state index is -3.68. The van der Waals surface area contributed by atoms with Crippen molar-refractivity contribution in [2.24, 2.45) is 0 Å². The molecule has 0 heterocycles. The van der Waals surface area contributed by atoms with Crippen molar-refractivity contribution < 1.29 is 17.9 Å². The van der Waals surface area contributed by atoms with Crippen molar-refractivity contribution in [1.29, 1.82) is 5.26 Å². The fourth-order valence-corrected chi connectivity index (χ4v) is 2.17. The first-order valence-corrected chi connectivity index (χ1v) is 5.96. The van der Waals surface area contributed by atoms with Crippen LogP contribution in [-0.2, 0) is 19.4 Å². The van der Waals surface area contributed by atoms with E-state index in [9.17, 15) is 13.2 Å². The van der Waals surface area contributed by atoms with Crippen LogP contribution in [0.4, 0.5) is 0 Å². The fraction of sp³-hybridized carbons (Fsp3) is 0.750. The second-order valence-electron chi connectivity index (χ2n) is 2.64. The molecule has 0 amide bonds. The minimum Gasteiger partial charge on any atom is -0.465 e. The van der Waals surface area contributed by atoms with E-state index in [4.69, 9.17) is 5.26 Å². The maximum atomic E-state index is 11.4. The van der Waals surface area contributed by atoms with E-state index in [1.54, 1.807) is 19.9 Å². The lowest BCUT2D eigenvalue weighted by atomic mass is 10.4. The van der Waals surface area contributed by atoms with Crippen LogP contribution in [0.15, 0.2) is 0 Å². The highest BCUT2D eigenvalue weighted by Gasteiger charge is 2.26. The second-order valence-corrected chi connectivity index (χ2v) is 4.82. The van der Waals surface area contributed by atoms with Gasteiger partial charge in [0.1, 0.15) is 11.0 Å². The molecule has 5 nitrogen and oxygen atoms in total. The van der Waals surface area contributed by atoms with E-state index in [1.807, 2.05) is 0 Å². The third-order valence-electron chi connectivity index (χ3n) is 1.57. The number of hydrogen-bond acceptors (Lipinski definition) is 5. The average Bonchev–Trinajstić information content (AvgIpc) is 2.04. The van der Waals surface area contributed by atoms with Gasteiger partial charge in [0.25, 0.3) is 0 Å². The molecule has 1 unspecified atom stereocenters. The summed E-state index contributed by atoms with van der Waals surface area (Å²) in [5.74, 6) is -1.52. The Kier molecular flexibility index (Phi) is 5.16. The average molecular weight is 219 g/mol. The van der Waals surface area contributed by atoms with Gasteiger partial charge in [-0.2, -0.15) is 5.26 Å². The number of sulfone groups is 1. The van der Waals surface area contributed by atoms with Crippen molar-refractivity contribution in [3.05, 3.63) is 0 Å². The lowest BCUT2D eigenvalue weighted by Gasteiger charge is -2.07. The molecule has 0 radical (unpaired) electrons. The summed E-state index contributed by atoms with van der Waals surface area (Å²) >= 11 is 0. The van der Waals surface area contributed by atoms with Gasteiger partial charge in [-0.1, -0.05) is 6.92 Å². The zero-order valence-electron chi connectivity index (χ0n) is 8.19. The maximum absolute atomic E-state index is 11.4. The Morgan fingerprint density at radius 2 is 2.07 bits per heavy atom. The highest BCUT2D eigenvalue weighted by molar-refractivity contribution is 7.92. The molecule has 1 atom stereocenters. The first-order valence-electron chi connectivity index (χ1n) is 4.24. The van der Waals surface area contributed by atoms with Gasteiger partial charge >= 0.3 is 5.97 Å². The molecule has 80 valence electrons. The summed E-state index contributed by atoms with van der Waals surface area (Å²) in [6.07, 6.45) is 0.179. The summed E-state index contributed by atoms with van der Waals surface area (Å²) in [7, 11) is -3.68. The largest absolute Gasteiger partial charge is 0.465 e. The molecule has 0 aliphatic carbocycles. The number of carbonyl (C=O) groups is 1. The van der Waals surface area contributed by atoms with Gasteiger partial charge in [-0.3, -0.25) is 4.79 Å². The number of hydrogen-bond donors (Lipinski definition) is 0. The molecule has 14 heavy (non-hydrogen) atoms. The molecule has 0 saturated heterocycles. The van der Waals surface area contributed by atoms with Gasteiger partial charge in [0.15, 0.2) is 9.84 Å². The van der Waals surface area contributed by atoms with E-state index < -0.39 is 26.8 Å². The van der Waals surface area contributed by atoms with Crippen LogP contribution in [0.2, 0.25) is 0 Å². The Labute approximate surface area is 83.6 Å². The Balaban J connectivity index is 4.50. The molecule has 0 fully saturated rings. The SMILES string of the molecule is CCOC(=O)CS(=O)(=O)C(C#N)CC. The molecule has 0 bridgehead atoms. The molecule has 0 aliphatic heterocycles. The normalized spacial score (nSPS) is 12.9. The van der Waals surface area contributed by atoms with Gasteiger partial charge in [0, 0.05) is 0 Å². The van der Waals surface area contributed by atoms with Crippen LogP contribution in [0, 0.1) is 11.3 Å². The van der Waals surface area contributed by atoms with Gasteiger partial charge in [0.2, 0.25) is 0 Å². The van der Waals surface area contributed by atoms with Gasteiger partial charge in [0.05, 0.1) is 12.7 Å². The molecule has 6 heteroatoms. The predicted octanol–water partition coefficient (Wildman–Crippen LogP) is 0.266. The lowest BCUT2D eigenvalue weighted by Crippen LogP contribution is -2.27. The smallest absolute Gasteiger partial charge is 0.321 e. The monoisotopic (exact) mass is 219 g/mol. The van der Waals surface area contributed by atoms with Crippen LogP contribution in [0.5, 0.6) is 0 Å². The Morgan fingerprint density at radius 1 is 1.50 bits per heavy atom. The van der Waals surface area contributed by atoms with E-state index in [1.165, 1.54) is 0 Å². The molecule has 0 spiro atoms. The number of rotatable bonds is 5. The number of esters is 1. The van der Waals surface area contributed by atoms with E-state index in [-0.39, 0.29) is 13.0 Å². The van der Waals surface area contributed by atoms with Crippen molar-refractivity contribution in [3.8, 4) is 6.07 Å². The van der Waals surface area contributed by atoms with Gasteiger partial charge in [-0.05, 0) is 13.3 Å². The summed E-state index contributed by atoms with van der Waals surface area (Å²) in [6, 6.07) is 1.64. The second kappa shape index (κ2) is 5.60. The molecule has 0 aromatic rings. The van der Waals surface area contributed by atoms with Crippen LogP contribution in [-0.4, -0.2) is 32.0 Å². The lowest BCUT2D eigenvalue weighted by molar-refractivity contribution is -0.139. The Morgan fingerprint density at radius 3 is 2.43 bits per heavy atom. The summed E-state index contributed by atoms with van der Waals surface area (Å²) in [5.41, 5.74) is 0. The van der Waals surface area contributed by atoms with Gasteiger partial charge < -0.3 is 4.74 Å². The van der Waals surface area contributed by atoms with E-state index in [2.05, 4.69) is 4.74 Å². The summed E-state index contributed by atoms with van der Waals surface area (Å²) < 4.78 is 27.2. The highest BCUT2D eigenvalue weighted by Crippen LogP contribution is 2.06. The summed E-state index contributed by atoms with van der Waals surface area (Å²) in [5, 5.41) is 7.40. The summed E-state index contributed by atoms with van der Waals surface area (Å²) in [4.78, 5) is 10.9. The molecule has 0 aliphatic rings. The van der Waals surface area contributed by atoms with Crippen LogP contribution in [0.1, 0.15) is 20.3 Å². The molecule has 0 aromatic heterocycles. The van der Waals surface area contributed by atoms with Crippen molar-refractivity contribution in [2.45, 2.75) is 25.5 Å². The first kappa shape index (κ1) is 12.9. The zero-order chi connectivity index (χ0) is 11.2. The third kappa shape index (κ3) is 3.75. The third-order valence-corrected chi connectivity index (χ3v) is 3.52. The van der Waals surface area contributed by atoms with Crippen molar-refractivity contribution in [2.75, 3.05) is 12.4 Å². The Hall–Kier alpha value is -1.09. The van der Waals surface area contributed by atoms with Gasteiger partial charge in [-0.25, -0.2) is 8.42 Å². The molecule has 0 aromatic carbocycles. The van der Waals surface area contributed by atoms with Crippen LogP contribution >= 0.6 is 0 Å². The number of nitriles is 1. The number of nitrogens with zero attached hydrogens (tertiary/aromatic N) is 1. The van der Waals surface area contributed by atoms with E-state index in [0.29, 0.717) is 0 Å². The summed E-state index contributed by atoms with van der Waals surface area (Å²) in [6.45, 7) is 3.31. The first-order chi connectivity index (χ1) is 6.47. The fourth-order valence-electron chi connectivity index (χ4n) is 0.893. The molecule has 0 saturated carbocycles. The quantitative estimate of drug-likeness (QED) is 0.619. The van der Waals surface area contributed by atoms with Crippen LogP contribution in [0.3, 0.4) is 0 Å². The van der Waals surface area contributed by atoms with Crippen LogP contribution in [0.25, 0.3) is 0 Å². The Bertz CT molecular complexity index is 328. The van der Waals surface area contributed by atoms with Crippen molar-refractivity contribution in [3.63, 3.8) is 0 Å². The van der Waals surface area contributed by atoms with Crippen molar-refractivity contribution >= 4 is 15.8 Å². The number of carbonyl (C=O) groups excluding carboxylic acids is 1. The zero-order valence-corrected chi connectivity index (χ0v) is 9.00. The highest BCUT2D eigenvalue weighted by atomic mass is 32.2. The number of ether oxygens (including phenoxy) is 1. The topological polar surface area (TPSA) is 84.2 Å². The van der Waals surface area contributed by atoms with Crippen molar-refractivity contribution in [1.82, 2.24) is 0 Å². The predicted molar refractivity (Wildman–Crippen MR) is 50.1 cm³/mol. The molecule has 0 rings (SSSR count). The molecule has 0 N–H and O–H groups in total. The van der Waals surface area contributed by atoms with Gasteiger partial charge in [-0.15, -0.1) is 0 Å². The van der Waals surface area contributed by atoms with Crippen LogP contribution < -0.4 is 0 Å².